The van der Waals surface area contributed by atoms with Crippen LogP contribution in [0.2, 0.25) is 0 Å². The maximum absolute atomic E-state index is 12.3. The molecular weight excluding hydrogens is 431 g/mol. The Labute approximate surface area is 168 Å². The van der Waals surface area contributed by atoms with Crippen molar-refractivity contribution in [1.29, 1.82) is 0 Å². The summed E-state index contributed by atoms with van der Waals surface area (Å²) in [4.78, 5) is 20.6. The second-order valence-electron chi connectivity index (χ2n) is 5.44. The van der Waals surface area contributed by atoms with Gasteiger partial charge in [0.05, 0.1) is 20.2 Å². The molecule has 0 aliphatic carbocycles. The van der Waals surface area contributed by atoms with E-state index in [9.17, 15) is 4.79 Å². The predicted octanol–water partition coefficient (Wildman–Crippen LogP) is 2.58. The molecule has 0 unspecified atom stereocenters. The first kappa shape index (κ1) is 23.5. The number of carbonyl (C=O) groups excluding carboxylic acids is 1. The number of benzene rings is 1. The normalized spacial score (nSPS) is 10.7. The molecule has 0 fully saturated rings. The zero-order valence-corrected chi connectivity index (χ0v) is 18.2. The summed E-state index contributed by atoms with van der Waals surface area (Å²) in [6, 6.07) is 7.84. The summed E-state index contributed by atoms with van der Waals surface area (Å²) in [7, 11) is 3.54. The van der Waals surface area contributed by atoms with Gasteiger partial charge in [-0.15, -0.1) is 24.0 Å². The van der Waals surface area contributed by atoms with Crippen molar-refractivity contribution < 1.29 is 9.53 Å². The summed E-state index contributed by atoms with van der Waals surface area (Å²) in [5.41, 5.74) is 1.06. The molecule has 142 valence electrons. The monoisotopic (exact) mass is 462 g/mol. The van der Waals surface area contributed by atoms with Crippen molar-refractivity contribution in [3.63, 3.8) is 0 Å². The molecule has 1 amide bonds. The number of hydrogen-bond acceptors (Lipinski definition) is 3. The lowest BCUT2D eigenvalue weighted by atomic mass is 10.2. The third-order valence-corrected chi connectivity index (χ3v) is 3.73. The van der Waals surface area contributed by atoms with Crippen LogP contribution in [0.5, 0.6) is 5.75 Å². The van der Waals surface area contributed by atoms with Gasteiger partial charge in [0.2, 0.25) is 5.91 Å². The Balaban J connectivity index is 0.00000576. The van der Waals surface area contributed by atoms with Crippen LogP contribution < -0.4 is 10.1 Å². The van der Waals surface area contributed by atoms with Crippen LogP contribution in [0.15, 0.2) is 29.3 Å². The molecule has 0 saturated carbocycles. The van der Waals surface area contributed by atoms with E-state index in [0.29, 0.717) is 13.1 Å². The average molecular weight is 462 g/mol. The van der Waals surface area contributed by atoms with Gasteiger partial charge in [-0.1, -0.05) is 12.1 Å². The van der Waals surface area contributed by atoms with Crippen LogP contribution in [0.25, 0.3) is 0 Å². The highest BCUT2D eigenvalue weighted by atomic mass is 127. The van der Waals surface area contributed by atoms with Crippen molar-refractivity contribution in [2.24, 2.45) is 4.99 Å². The van der Waals surface area contributed by atoms with Crippen LogP contribution in [-0.4, -0.2) is 62.0 Å². The number of amides is 1. The smallest absolute Gasteiger partial charge is 0.242 e. The lowest BCUT2D eigenvalue weighted by Crippen LogP contribution is -2.45. The summed E-state index contributed by atoms with van der Waals surface area (Å²) in [6.07, 6.45) is 0. The summed E-state index contributed by atoms with van der Waals surface area (Å²) in [5.74, 6) is 1.65. The van der Waals surface area contributed by atoms with E-state index in [1.165, 1.54) is 0 Å². The Kier molecular flexibility index (Phi) is 12.0. The SMILES string of the molecule is CCNC(=NCc1cccc(OC)c1)N(C)CC(=O)N(CC)CC.I. The number of methoxy groups -OCH3 is 1. The van der Waals surface area contributed by atoms with Crippen molar-refractivity contribution >= 4 is 35.8 Å². The molecule has 0 spiro atoms. The lowest BCUT2D eigenvalue weighted by molar-refractivity contribution is -0.131. The van der Waals surface area contributed by atoms with E-state index in [-0.39, 0.29) is 29.9 Å². The fraction of sp³-hybridized carbons (Fsp3) is 0.556. The van der Waals surface area contributed by atoms with E-state index < -0.39 is 0 Å². The molecule has 1 N–H and O–H groups in total. The second kappa shape index (κ2) is 12.8. The van der Waals surface area contributed by atoms with E-state index in [1.54, 1.807) is 7.11 Å². The van der Waals surface area contributed by atoms with E-state index >= 15 is 0 Å². The molecule has 0 radical (unpaired) electrons. The molecule has 0 aliphatic heterocycles. The summed E-state index contributed by atoms with van der Waals surface area (Å²) in [6.45, 7) is 9.03. The number of hydrogen-bond donors (Lipinski definition) is 1. The van der Waals surface area contributed by atoms with Gasteiger partial charge in [-0.3, -0.25) is 4.79 Å². The second-order valence-corrected chi connectivity index (χ2v) is 5.44. The first-order valence-electron chi connectivity index (χ1n) is 8.45. The molecule has 1 rings (SSSR count). The maximum Gasteiger partial charge on any atom is 0.242 e. The van der Waals surface area contributed by atoms with Crippen molar-refractivity contribution in [2.75, 3.05) is 40.3 Å². The minimum atomic E-state index is 0. The molecule has 1 aromatic carbocycles. The topological polar surface area (TPSA) is 57.2 Å². The minimum Gasteiger partial charge on any atom is -0.497 e. The fourth-order valence-corrected chi connectivity index (χ4v) is 2.36. The zero-order valence-electron chi connectivity index (χ0n) is 15.9. The largest absolute Gasteiger partial charge is 0.497 e. The van der Waals surface area contributed by atoms with Gasteiger partial charge in [-0.2, -0.15) is 0 Å². The third kappa shape index (κ3) is 7.94. The highest BCUT2D eigenvalue weighted by molar-refractivity contribution is 14.0. The summed E-state index contributed by atoms with van der Waals surface area (Å²) < 4.78 is 5.24. The highest BCUT2D eigenvalue weighted by Gasteiger charge is 2.14. The van der Waals surface area contributed by atoms with Crippen molar-refractivity contribution in [1.82, 2.24) is 15.1 Å². The van der Waals surface area contributed by atoms with Crippen LogP contribution >= 0.6 is 24.0 Å². The van der Waals surface area contributed by atoms with Gasteiger partial charge in [-0.25, -0.2) is 4.99 Å². The fourth-order valence-electron chi connectivity index (χ4n) is 2.36. The number of likely N-dealkylation sites (N-methyl/N-ethyl adjacent to an activating group) is 2. The van der Waals surface area contributed by atoms with Crippen LogP contribution in [0.1, 0.15) is 26.3 Å². The van der Waals surface area contributed by atoms with Gasteiger partial charge in [0.1, 0.15) is 5.75 Å². The van der Waals surface area contributed by atoms with E-state index in [0.717, 1.165) is 36.9 Å². The van der Waals surface area contributed by atoms with Gasteiger partial charge < -0.3 is 19.9 Å². The quantitative estimate of drug-likeness (QED) is 0.367. The maximum atomic E-state index is 12.3. The predicted molar refractivity (Wildman–Crippen MR) is 114 cm³/mol. The number of ether oxygens (including phenoxy) is 1. The van der Waals surface area contributed by atoms with Gasteiger partial charge >= 0.3 is 0 Å². The Morgan fingerprint density at radius 2 is 1.92 bits per heavy atom. The number of rotatable bonds is 8. The number of aliphatic imine (C=N–C) groups is 1. The molecule has 0 heterocycles. The van der Waals surface area contributed by atoms with E-state index in [4.69, 9.17) is 4.74 Å². The number of carbonyl (C=O) groups is 1. The molecule has 25 heavy (non-hydrogen) atoms. The Morgan fingerprint density at radius 1 is 1.24 bits per heavy atom. The van der Waals surface area contributed by atoms with Crippen LogP contribution in [-0.2, 0) is 11.3 Å². The molecule has 7 heteroatoms. The molecule has 0 atom stereocenters. The van der Waals surface area contributed by atoms with Crippen LogP contribution in [0, 0.1) is 0 Å². The van der Waals surface area contributed by atoms with Gasteiger partial charge in [0, 0.05) is 26.7 Å². The molecule has 6 nitrogen and oxygen atoms in total. The van der Waals surface area contributed by atoms with Crippen LogP contribution in [0.4, 0.5) is 0 Å². The molecular formula is C18H31IN4O2. The Bertz CT molecular complexity index is 548. The lowest BCUT2D eigenvalue weighted by Gasteiger charge is -2.25. The van der Waals surface area contributed by atoms with Gasteiger partial charge in [-0.05, 0) is 38.5 Å². The summed E-state index contributed by atoms with van der Waals surface area (Å²) in [5, 5.41) is 3.24. The number of halogens is 1. The summed E-state index contributed by atoms with van der Waals surface area (Å²) >= 11 is 0. The van der Waals surface area contributed by atoms with Crippen molar-refractivity contribution in [2.45, 2.75) is 27.3 Å². The molecule has 0 aromatic heterocycles. The standard InChI is InChI=1S/C18H30N4O2.HI/c1-6-19-18(21(4)14-17(23)22(7-2)8-3)20-13-15-10-9-11-16(12-15)24-5;/h9-12H,6-8,13-14H2,1-5H3,(H,19,20);1H. The average Bonchev–Trinajstić information content (AvgIpc) is 2.59. The van der Waals surface area contributed by atoms with Crippen molar-refractivity contribution in [3.8, 4) is 5.75 Å². The highest BCUT2D eigenvalue weighted by Crippen LogP contribution is 2.13. The van der Waals surface area contributed by atoms with Crippen LogP contribution in [0.3, 0.4) is 0 Å². The number of nitrogens with zero attached hydrogens (tertiary/aromatic N) is 3. The Hall–Kier alpha value is -1.51. The first-order chi connectivity index (χ1) is 11.5. The Morgan fingerprint density at radius 3 is 2.48 bits per heavy atom. The number of guanidine groups is 1. The van der Waals surface area contributed by atoms with E-state index in [2.05, 4.69) is 10.3 Å². The minimum absolute atomic E-state index is 0. The van der Waals surface area contributed by atoms with E-state index in [1.807, 2.05) is 61.9 Å². The number of nitrogens with one attached hydrogen (secondary N) is 1. The molecule has 0 bridgehead atoms. The molecule has 1 aromatic rings. The van der Waals surface area contributed by atoms with Gasteiger partial charge in [0.25, 0.3) is 0 Å². The zero-order chi connectivity index (χ0) is 17.9. The third-order valence-electron chi connectivity index (χ3n) is 3.73. The van der Waals surface area contributed by atoms with Crippen molar-refractivity contribution in [3.05, 3.63) is 29.8 Å². The molecule has 0 saturated heterocycles. The van der Waals surface area contributed by atoms with Gasteiger partial charge in [0.15, 0.2) is 5.96 Å². The molecule has 0 aliphatic rings. The first-order valence-corrected chi connectivity index (χ1v) is 8.45.